The Kier molecular flexibility index (Phi) is 5.03. The Morgan fingerprint density at radius 2 is 1.90 bits per heavy atom. The molecule has 1 aliphatic rings. The number of aryl methyl sites for hydroxylation is 1. The number of fused-ring (bicyclic) bond motifs is 1. The summed E-state index contributed by atoms with van der Waals surface area (Å²) in [5, 5.41) is 4.76. The maximum atomic E-state index is 13.4. The fraction of sp³-hybridized carbons (Fsp3) is 0.421. The van der Waals surface area contributed by atoms with Gasteiger partial charge in [-0.1, -0.05) is 30.3 Å². The summed E-state index contributed by atoms with van der Waals surface area (Å²) in [6.07, 6.45) is -3.64. The van der Waals surface area contributed by atoms with Crippen molar-refractivity contribution in [3.8, 4) is 0 Å². The molecule has 0 amide bonds. The van der Waals surface area contributed by atoms with E-state index in [1.807, 2.05) is 35.2 Å². The Balaban J connectivity index is 1.64. The minimum atomic E-state index is -4.29. The number of hydrogen-bond donors (Lipinski definition) is 1. The van der Waals surface area contributed by atoms with E-state index >= 15 is 0 Å². The predicted molar refractivity (Wildman–Crippen MR) is 104 cm³/mol. The van der Waals surface area contributed by atoms with Gasteiger partial charge in [-0.25, -0.2) is 0 Å². The number of nitrogens with two attached hydrogens (primary N) is 1. The van der Waals surface area contributed by atoms with Gasteiger partial charge in [-0.3, -0.25) is 9.58 Å². The largest absolute Gasteiger partial charge is 0.391 e. The SMILES string of the molecule is Cn1ncc2c(N3CCN(Cc4ccccc4)CC3CC(F)(F)F)nc(N)nc21. The van der Waals surface area contributed by atoms with Gasteiger partial charge in [0.05, 0.1) is 24.0 Å². The van der Waals surface area contributed by atoms with Gasteiger partial charge in [-0.05, 0) is 5.56 Å². The molecule has 3 heterocycles. The van der Waals surface area contributed by atoms with Crippen LogP contribution in [0.5, 0.6) is 0 Å². The fourth-order valence-electron chi connectivity index (χ4n) is 3.87. The van der Waals surface area contributed by atoms with E-state index in [1.165, 1.54) is 0 Å². The van der Waals surface area contributed by atoms with Crippen molar-refractivity contribution in [1.82, 2.24) is 24.6 Å². The van der Waals surface area contributed by atoms with Crippen LogP contribution >= 0.6 is 0 Å². The van der Waals surface area contributed by atoms with Crippen LogP contribution in [0.25, 0.3) is 11.0 Å². The summed E-state index contributed by atoms with van der Waals surface area (Å²) in [6, 6.07) is 8.98. The number of aromatic nitrogens is 4. The number of anilines is 2. The lowest BCUT2D eigenvalue weighted by molar-refractivity contribution is -0.140. The molecule has 1 fully saturated rings. The van der Waals surface area contributed by atoms with Gasteiger partial charge in [-0.15, -0.1) is 0 Å². The molecule has 0 saturated carbocycles. The average Bonchev–Trinajstić information content (AvgIpc) is 3.02. The van der Waals surface area contributed by atoms with Gasteiger partial charge in [0.2, 0.25) is 5.95 Å². The molecule has 0 spiro atoms. The normalized spacial score (nSPS) is 18.5. The molecule has 1 saturated heterocycles. The van der Waals surface area contributed by atoms with E-state index < -0.39 is 18.6 Å². The molecule has 1 atom stereocenters. The van der Waals surface area contributed by atoms with Crippen molar-refractivity contribution < 1.29 is 13.2 Å². The lowest BCUT2D eigenvalue weighted by Gasteiger charge is -2.42. The maximum absolute atomic E-state index is 13.4. The third-order valence-corrected chi connectivity index (χ3v) is 5.14. The molecular formula is C19H22F3N7. The number of halogens is 3. The van der Waals surface area contributed by atoms with Crippen molar-refractivity contribution in [2.75, 3.05) is 30.3 Å². The molecule has 29 heavy (non-hydrogen) atoms. The zero-order valence-electron chi connectivity index (χ0n) is 16.0. The van der Waals surface area contributed by atoms with E-state index in [0.717, 1.165) is 5.56 Å². The van der Waals surface area contributed by atoms with Crippen molar-refractivity contribution in [2.45, 2.75) is 25.2 Å². The number of rotatable bonds is 4. The molecule has 1 unspecified atom stereocenters. The third-order valence-electron chi connectivity index (χ3n) is 5.14. The standard InChI is InChI=1S/C19H22F3N7/c1-27-16-15(10-24-27)17(26-18(23)25-16)29-8-7-28(11-13-5-3-2-4-6-13)12-14(29)9-19(20,21)22/h2-6,10,14H,7-9,11-12H2,1H3,(H2,23,25,26). The van der Waals surface area contributed by atoms with Crippen LogP contribution in [0, 0.1) is 0 Å². The second kappa shape index (κ2) is 7.51. The number of piperazine rings is 1. The molecule has 1 aliphatic heterocycles. The van der Waals surface area contributed by atoms with Crippen molar-refractivity contribution >= 4 is 22.8 Å². The summed E-state index contributed by atoms with van der Waals surface area (Å²) in [7, 11) is 1.71. The number of nitrogens with zero attached hydrogens (tertiary/aromatic N) is 6. The lowest BCUT2D eigenvalue weighted by atomic mass is 10.1. The Morgan fingerprint density at radius 3 is 2.62 bits per heavy atom. The minimum absolute atomic E-state index is 0.0218. The highest BCUT2D eigenvalue weighted by molar-refractivity contribution is 5.88. The van der Waals surface area contributed by atoms with Crippen molar-refractivity contribution in [2.24, 2.45) is 7.05 Å². The van der Waals surface area contributed by atoms with Crippen molar-refractivity contribution in [3.63, 3.8) is 0 Å². The topological polar surface area (TPSA) is 76.1 Å². The van der Waals surface area contributed by atoms with E-state index in [-0.39, 0.29) is 12.5 Å². The zero-order valence-corrected chi connectivity index (χ0v) is 16.0. The summed E-state index contributed by atoms with van der Waals surface area (Å²) < 4.78 is 41.6. The van der Waals surface area contributed by atoms with Gasteiger partial charge >= 0.3 is 6.18 Å². The first-order valence-corrected chi connectivity index (χ1v) is 9.35. The van der Waals surface area contributed by atoms with E-state index in [4.69, 9.17) is 5.73 Å². The first-order chi connectivity index (χ1) is 13.8. The molecule has 1 aromatic carbocycles. The van der Waals surface area contributed by atoms with Crippen LogP contribution in [0.3, 0.4) is 0 Å². The molecule has 0 bridgehead atoms. The molecule has 2 N–H and O–H groups in total. The Hall–Kier alpha value is -2.88. The van der Waals surface area contributed by atoms with Gasteiger partial charge in [0.15, 0.2) is 5.65 Å². The molecule has 0 aliphatic carbocycles. The maximum Gasteiger partial charge on any atom is 0.391 e. The third kappa shape index (κ3) is 4.26. The number of alkyl halides is 3. The smallest absolute Gasteiger partial charge is 0.368 e. The second-order valence-electron chi connectivity index (χ2n) is 7.30. The van der Waals surface area contributed by atoms with Gasteiger partial charge in [-0.2, -0.15) is 28.2 Å². The minimum Gasteiger partial charge on any atom is -0.368 e. The fourth-order valence-corrected chi connectivity index (χ4v) is 3.87. The highest BCUT2D eigenvalue weighted by Crippen LogP contribution is 2.32. The molecule has 0 radical (unpaired) electrons. The molecule has 10 heteroatoms. The van der Waals surface area contributed by atoms with E-state index in [0.29, 0.717) is 36.5 Å². The Labute approximate surface area is 165 Å². The highest BCUT2D eigenvalue weighted by atomic mass is 19.4. The Morgan fingerprint density at radius 1 is 1.14 bits per heavy atom. The predicted octanol–water partition coefficient (Wildman–Crippen LogP) is 2.59. The van der Waals surface area contributed by atoms with E-state index in [1.54, 1.807) is 22.8 Å². The van der Waals surface area contributed by atoms with E-state index in [2.05, 4.69) is 15.1 Å². The summed E-state index contributed by atoms with van der Waals surface area (Å²) in [6.45, 7) is 1.92. The molecule has 4 rings (SSSR count). The number of benzene rings is 1. The highest BCUT2D eigenvalue weighted by Gasteiger charge is 2.39. The molecular weight excluding hydrogens is 383 g/mol. The van der Waals surface area contributed by atoms with Crippen LogP contribution in [0.2, 0.25) is 0 Å². The van der Waals surface area contributed by atoms with Crippen LogP contribution in [0.4, 0.5) is 24.9 Å². The van der Waals surface area contributed by atoms with Crippen LogP contribution < -0.4 is 10.6 Å². The van der Waals surface area contributed by atoms with Gasteiger partial charge in [0, 0.05) is 33.2 Å². The van der Waals surface area contributed by atoms with Gasteiger partial charge in [0.1, 0.15) is 5.82 Å². The van der Waals surface area contributed by atoms with Crippen LogP contribution in [-0.2, 0) is 13.6 Å². The van der Waals surface area contributed by atoms with Crippen LogP contribution in [0.15, 0.2) is 36.5 Å². The second-order valence-corrected chi connectivity index (χ2v) is 7.30. The summed E-state index contributed by atoms with van der Waals surface area (Å²) >= 11 is 0. The van der Waals surface area contributed by atoms with Gasteiger partial charge in [0.25, 0.3) is 0 Å². The summed E-state index contributed by atoms with van der Waals surface area (Å²) in [5.74, 6) is 0.433. The van der Waals surface area contributed by atoms with Crippen LogP contribution in [-0.4, -0.2) is 56.5 Å². The van der Waals surface area contributed by atoms with E-state index in [9.17, 15) is 13.2 Å². The quantitative estimate of drug-likeness (QED) is 0.719. The monoisotopic (exact) mass is 405 g/mol. The molecule has 154 valence electrons. The molecule has 2 aromatic heterocycles. The molecule has 7 nitrogen and oxygen atoms in total. The number of nitrogen functional groups attached to an aromatic ring is 1. The molecule has 3 aromatic rings. The number of hydrogen-bond acceptors (Lipinski definition) is 6. The Bertz CT molecular complexity index is 987. The van der Waals surface area contributed by atoms with Crippen LogP contribution in [0.1, 0.15) is 12.0 Å². The van der Waals surface area contributed by atoms with Crippen molar-refractivity contribution in [3.05, 3.63) is 42.1 Å². The zero-order chi connectivity index (χ0) is 20.6. The van der Waals surface area contributed by atoms with Crippen molar-refractivity contribution in [1.29, 1.82) is 0 Å². The first-order valence-electron chi connectivity index (χ1n) is 9.35. The average molecular weight is 405 g/mol. The lowest BCUT2D eigenvalue weighted by Crippen LogP contribution is -2.54. The summed E-state index contributed by atoms with van der Waals surface area (Å²) in [4.78, 5) is 12.2. The summed E-state index contributed by atoms with van der Waals surface area (Å²) in [5.41, 5.74) is 7.42. The first kappa shape index (κ1) is 19.4. The van der Waals surface area contributed by atoms with Gasteiger partial charge < -0.3 is 10.6 Å².